The number of nitrogens with one attached hydrogen (secondary N) is 3. The third kappa shape index (κ3) is 7.95. The monoisotopic (exact) mass is 349 g/mol. The molecule has 1 fully saturated rings. The third-order valence-corrected chi connectivity index (χ3v) is 3.72. The lowest BCUT2D eigenvalue weighted by Crippen LogP contribution is -2.41. The minimum atomic E-state index is -0.155. The Morgan fingerprint density at radius 2 is 2.40 bits per heavy atom. The van der Waals surface area contributed by atoms with E-state index in [1.807, 2.05) is 0 Å². The second-order valence-electron chi connectivity index (χ2n) is 5.80. The van der Waals surface area contributed by atoms with E-state index in [9.17, 15) is 4.79 Å². The SMILES string of the molecule is CN=C(NCCCOCC1CCOC1)NCC(=O)Nc1cccnc1. The molecule has 1 aliphatic rings. The molecule has 1 aliphatic heterocycles. The molecule has 3 N–H and O–H groups in total. The summed E-state index contributed by atoms with van der Waals surface area (Å²) in [6.07, 6.45) is 5.22. The number of hydrogen-bond acceptors (Lipinski definition) is 5. The van der Waals surface area contributed by atoms with Crippen LogP contribution in [0.25, 0.3) is 0 Å². The van der Waals surface area contributed by atoms with Crippen molar-refractivity contribution in [3.8, 4) is 0 Å². The van der Waals surface area contributed by atoms with Crippen molar-refractivity contribution in [3.05, 3.63) is 24.5 Å². The number of hydrogen-bond donors (Lipinski definition) is 3. The van der Waals surface area contributed by atoms with Crippen LogP contribution in [0.2, 0.25) is 0 Å². The Morgan fingerprint density at radius 3 is 3.12 bits per heavy atom. The smallest absolute Gasteiger partial charge is 0.243 e. The van der Waals surface area contributed by atoms with Crippen molar-refractivity contribution in [3.63, 3.8) is 0 Å². The quantitative estimate of drug-likeness (QED) is 0.344. The molecule has 0 saturated carbocycles. The number of aliphatic imine (C=N–C) groups is 1. The van der Waals surface area contributed by atoms with Crippen molar-refractivity contribution < 1.29 is 14.3 Å². The fraction of sp³-hybridized carbons (Fsp3) is 0.588. The molecule has 0 spiro atoms. The summed E-state index contributed by atoms with van der Waals surface area (Å²) < 4.78 is 11.0. The number of anilines is 1. The summed E-state index contributed by atoms with van der Waals surface area (Å²) in [5.41, 5.74) is 0.669. The molecule has 8 heteroatoms. The highest BCUT2D eigenvalue weighted by Gasteiger charge is 2.15. The molecule has 0 bridgehead atoms. The number of amides is 1. The lowest BCUT2D eigenvalue weighted by atomic mass is 10.1. The largest absolute Gasteiger partial charge is 0.381 e. The number of guanidine groups is 1. The number of carbonyl (C=O) groups excluding carboxylic acids is 1. The number of carbonyl (C=O) groups is 1. The van der Waals surface area contributed by atoms with Gasteiger partial charge in [-0.2, -0.15) is 0 Å². The molecule has 25 heavy (non-hydrogen) atoms. The summed E-state index contributed by atoms with van der Waals surface area (Å²) in [6, 6.07) is 3.56. The van der Waals surface area contributed by atoms with E-state index >= 15 is 0 Å². The Hall–Kier alpha value is -2.19. The summed E-state index contributed by atoms with van der Waals surface area (Å²) in [7, 11) is 1.67. The normalized spacial score (nSPS) is 17.3. The topological polar surface area (TPSA) is 96.9 Å². The van der Waals surface area contributed by atoms with Crippen molar-refractivity contribution >= 4 is 17.6 Å². The Kier molecular flexibility index (Phi) is 8.71. The average molecular weight is 349 g/mol. The van der Waals surface area contributed by atoms with E-state index in [-0.39, 0.29) is 12.5 Å². The third-order valence-electron chi connectivity index (χ3n) is 3.72. The van der Waals surface area contributed by atoms with Crippen LogP contribution in [-0.2, 0) is 14.3 Å². The fourth-order valence-electron chi connectivity index (χ4n) is 2.37. The van der Waals surface area contributed by atoms with Crippen LogP contribution in [0, 0.1) is 5.92 Å². The minimum absolute atomic E-state index is 0.132. The second kappa shape index (κ2) is 11.4. The summed E-state index contributed by atoms with van der Waals surface area (Å²) in [5, 5.41) is 8.89. The van der Waals surface area contributed by atoms with Crippen molar-refractivity contribution in [2.24, 2.45) is 10.9 Å². The van der Waals surface area contributed by atoms with Crippen LogP contribution in [0.15, 0.2) is 29.5 Å². The van der Waals surface area contributed by atoms with E-state index in [1.165, 1.54) is 0 Å². The van der Waals surface area contributed by atoms with Crippen molar-refractivity contribution in [2.45, 2.75) is 12.8 Å². The molecule has 138 valence electrons. The number of ether oxygens (including phenoxy) is 2. The van der Waals surface area contributed by atoms with Crippen LogP contribution in [-0.4, -0.2) is 63.4 Å². The molecule has 1 atom stereocenters. The summed E-state index contributed by atoms with van der Waals surface area (Å²) >= 11 is 0. The zero-order valence-corrected chi connectivity index (χ0v) is 14.7. The van der Waals surface area contributed by atoms with Gasteiger partial charge in [0.2, 0.25) is 5.91 Å². The highest BCUT2D eigenvalue weighted by molar-refractivity contribution is 5.94. The first-order valence-electron chi connectivity index (χ1n) is 8.58. The summed E-state index contributed by atoms with van der Waals surface area (Å²) in [5.74, 6) is 0.976. The maximum Gasteiger partial charge on any atom is 0.243 e. The molecule has 2 rings (SSSR count). The average Bonchev–Trinajstić information content (AvgIpc) is 3.15. The molecule has 2 heterocycles. The van der Waals surface area contributed by atoms with E-state index < -0.39 is 0 Å². The molecule has 1 aromatic heterocycles. The van der Waals surface area contributed by atoms with Gasteiger partial charge in [-0.15, -0.1) is 0 Å². The molecule has 0 radical (unpaired) electrons. The number of pyridine rings is 1. The first-order valence-corrected chi connectivity index (χ1v) is 8.58. The Labute approximate surface area is 148 Å². The van der Waals surface area contributed by atoms with Crippen molar-refractivity contribution in [2.75, 3.05) is 51.9 Å². The predicted octanol–water partition coefficient (Wildman–Crippen LogP) is 0.628. The zero-order valence-electron chi connectivity index (χ0n) is 14.7. The fourth-order valence-corrected chi connectivity index (χ4v) is 2.37. The maximum atomic E-state index is 11.9. The number of rotatable bonds is 9. The van der Waals surface area contributed by atoms with Crippen LogP contribution in [0.4, 0.5) is 5.69 Å². The lowest BCUT2D eigenvalue weighted by molar-refractivity contribution is -0.115. The second-order valence-corrected chi connectivity index (χ2v) is 5.80. The predicted molar refractivity (Wildman–Crippen MR) is 96.6 cm³/mol. The minimum Gasteiger partial charge on any atom is -0.381 e. The van der Waals surface area contributed by atoms with Gasteiger partial charge in [-0.3, -0.25) is 14.8 Å². The molecular formula is C17H27N5O3. The van der Waals surface area contributed by atoms with E-state index in [1.54, 1.807) is 31.6 Å². The van der Waals surface area contributed by atoms with E-state index in [0.29, 0.717) is 24.2 Å². The number of nitrogens with zero attached hydrogens (tertiary/aromatic N) is 2. The zero-order chi connectivity index (χ0) is 17.7. The molecule has 1 amide bonds. The highest BCUT2D eigenvalue weighted by Crippen LogP contribution is 2.12. The van der Waals surface area contributed by atoms with Gasteiger partial charge < -0.3 is 25.4 Å². The van der Waals surface area contributed by atoms with Crippen LogP contribution < -0.4 is 16.0 Å². The van der Waals surface area contributed by atoms with Gasteiger partial charge in [-0.25, -0.2) is 0 Å². The summed E-state index contributed by atoms with van der Waals surface area (Å²) in [4.78, 5) is 19.9. The Balaban J connectivity index is 1.52. The van der Waals surface area contributed by atoms with Gasteiger partial charge in [0.1, 0.15) is 0 Å². The lowest BCUT2D eigenvalue weighted by Gasteiger charge is -2.12. The van der Waals surface area contributed by atoms with Crippen LogP contribution in [0.5, 0.6) is 0 Å². The van der Waals surface area contributed by atoms with Crippen molar-refractivity contribution in [1.82, 2.24) is 15.6 Å². The van der Waals surface area contributed by atoms with Gasteiger partial charge in [-0.1, -0.05) is 0 Å². The van der Waals surface area contributed by atoms with Gasteiger partial charge >= 0.3 is 0 Å². The van der Waals surface area contributed by atoms with Crippen molar-refractivity contribution in [1.29, 1.82) is 0 Å². The maximum absolute atomic E-state index is 11.9. The molecule has 1 saturated heterocycles. The van der Waals surface area contributed by atoms with Gasteiger partial charge in [0.05, 0.1) is 31.6 Å². The van der Waals surface area contributed by atoms with E-state index in [0.717, 1.165) is 39.2 Å². The summed E-state index contributed by atoms with van der Waals surface area (Å²) in [6.45, 7) is 3.99. The highest BCUT2D eigenvalue weighted by atomic mass is 16.5. The molecule has 1 unspecified atom stereocenters. The molecule has 8 nitrogen and oxygen atoms in total. The van der Waals surface area contributed by atoms with Crippen LogP contribution in [0.3, 0.4) is 0 Å². The molecule has 0 aliphatic carbocycles. The van der Waals surface area contributed by atoms with Crippen LogP contribution in [0.1, 0.15) is 12.8 Å². The van der Waals surface area contributed by atoms with Gasteiger partial charge in [-0.05, 0) is 25.0 Å². The first-order chi connectivity index (χ1) is 12.3. The van der Waals surface area contributed by atoms with Gasteiger partial charge in [0, 0.05) is 38.9 Å². The Bertz CT molecular complexity index is 532. The van der Waals surface area contributed by atoms with Gasteiger partial charge in [0.15, 0.2) is 5.96 Å². The number of aromatic nitrogens is 1. The Morgan fingerprint density at radius 1 is 1.48 bits per heavy atom. The molecule has 1 aromatic rings. The van der Waals surface area contributed by atoms with Crippen LogP contribution >= 0.6 is 0 Å². The first kappa shape index (κ1) is 19.1. The molecular weight excluding hydrogens is 322 g/mol. The van der Waals surface area contributed by atoms with Gasteiger partial charge in [0.25, 0.3) is 0 Å². The standard InChI is InChI=1S/C17H27N5O3/c1-18-17(20-7-3-8-24-12-14-5-9-25-13-14)21-11-16(23)22-15-4-2-6-19-10-15/h2,4,6,10,14H,3,5,7-9,11-13H2,1H3,(H,22,23)(H2,18,20,21). The van der Waals surface area contributed by atoms with E-state index in [2.05, 4.69) is 25.9 Å². The molecule has 0 aromatic carbocycles. The van der Waals surface area contributed by atoms with E-state index in [4.69, 9.17) is 9.47 Å².